The molecule has 0 saturated carbocycles. The van der Waals surface area contributed by atoms with E-state index in [-0.39, 0.29) is 31.1 Å². The lowest BCUT2D eigenvalue weighted by Gasteiger charge is -2.18. The first-order valence-corrected chi connectivity index (χ1v) is 27.2. The zero-order valence-electron chi connectivity index (χ0n) is 41.8. The first-order valence-electron chi connectivity index (χ1n) is 27.2. The van der Waals surface area contributed by atoms with E-state index in [4.69, 9.17) is 14.2 Å². The Hall–Kier alpha value is -1.59. The van der Waals surface area contributed by atoms with E-state index in [1.54, 1.807) is 0 Å². The van der Waals surface area contributed by atoms with Crippen LogP contribution in [0.3, 0.4) is 0 Å². The zero-order chi connectivity index (χ0) is 44.7. The predicted molar refractivity (Wildman–Crippen MR) is 261 cm³/mol. The van der Waals surface area contributed by atoms with Crippen LogP contribution in [-0.2, 0) is 28.6 Å². The Morgan fingerprint density at radius 2 is 0.541 bits per heavy atom. The van der Waals surface area contributed by atoms with Crippen molar-refractivity contribution in [2.75, 3.05) is 13.2 Å². The minimum atomic E-state index is -0.762. The van der Waals surface area contributed by atoms with Crippen LogP contribution >= 0.6 is 0 Å². The van der Waals surface area contributed by atoms with Gasteiger partial charge in [-0.05, 0) is 31.1 Å². The van der Waals surface area contributed by atoms with E-state index in [9.17, 15) is 14.4 Å². The third kappa shape index (κ3) is 49.3. The monoisotopic (exact) mass is 863 g/mol. The van der Waals surface area contributed by atoms with Crippen LogP contribution in [0.5, 0.6) is 0 Å². The minimum Gasteiger partial charge on any atom is -0.462 e. The maximum Gasteiger partial charge on any atom is 0.306 e. The highest BCUT2D eigenvalue weighted by atomic mass is 16.6. The van der Waals surface area contributed by atoms with E-state index in [2.05, 4.69) is 34.6 Å². The Kier molecular flexibility index (Phi) is 46.6. The highest BCUT2D eigenvalue weighted by Crippen LogP contribution is 2.18. The van der Waals surface area contributed by atoms with E-state index in [1.807, 2.05) is 0 Å². The molecule has 0 aromatic carbocycles. The molecule has 0 aliphatic carbocycles. The van der Waals surface area contributed by atoms with Crippen LogP contribution in [0.2, 0.25) is 0 Å². The summed E-state index contributed by atoms with van der Waals surface area (Å²) in [6.07, 6.45) is 49.6. The number of carbonyl (C=O) groups is 3. The number of hydrogen-bond acceptors (Lipinski definition) is 6. The van der Waals surface area contributed by atoms with Gasteiger partial charge in [-0.2, -0.15) is 0 Å². The van der Waals surface area contributed by atoms with E-state index in [1.165, 1.54) is 193 Å². The largest absolute Gasteiger partial charge is 0.462 e. The molecule has 0 radical (unpaired) electrons. The van der Waals surface area contributed by atoms with Crippen LogP contribution in [0.25, 0.3) is 0 Å². The lowest BCUT2D eigenvalue weighted by molar-refractivity contribution is -0.167. The molecule has 6 heteroatoms. The molecule has 0 aliphatic rings. The number of rotatable bonds is 49. The molecular weight excluding hydrogens is 757 g/mol. The Bertz CT molecular complexity index is 931. The summed E-state index contributed by atoms with van der Waals surface area (Å²) < 4.78 is 16.8. The molecule has 362 valence electrons. The maximum atomic E-state index is 12.8. The molecular formula is C55H106O6. The topological polar surface area (TPSA) is 78.9 Å². The number of hydrogen-bond donors (Lipinski definition) is 0. The van der Waals surface area contributed by atoms with Gasteiger partial charge in [0.05, 0.1) is 0 Å². The maximum absolute atomic E-state index is 12.8. The second kappa shape index (κ2) is 47.9. The van der Waals surface area contributed by atoms with Crippen molar-refractivity contribution in [3.05, 3.63) is 0 Å². The highest BCUT2D eigenvalue weighted by molar-refractivity contribution is 5.71. The van der Waals surface area contributed by atoms with Crippen molar-refractivity contribution in [3.8, 4) is 0 Å². The van der Waals surface area contributed by atoms with Gasteiger partial charge in [0.2, 0.25) is 0 Å². The van der Waals surface area contributed by atoms with Gasteiger partial charge in [-0.15, -0.1) is 0 Å². The van der Waals surface area contributed by atoms with Gasteiger partial charge in [0.25, 0.3) is 0 Å². The summed E-state index contributed by atoms with van der Waals surface area (Å²) >= 11 is 0. The van der Waals surface area contributed by atoms with Crippen molar-refractivity contribution in [2.45, 2.75) is 310 Å². The Morgan fingerprint density at radius 1 is 0.311 bits per heavy atom. The number of esters is 3. The highest BCUT2D eigenvalue weighted by Gasteiger charge is 2.19. The summed E-state index contributed by atoms with van der Waals surface area (Å²) in [5, 5.41) is 0. The van der Waals surface area contributed by atoms with Crippen molar-refractivity contribution < 1.29 is 28.6 Å². The SMILES string of the molecule is CCCCCCCCCCCCCCCCCC(=O)OC[C@@H](COC(=O)CCCCCCCCCCCCCCCCCC(C)C)OC(=O)CCCCCCCCCC(C)C. The third-order valence-corrected chi connectivity index (χ3v) is 12.5. The number of ether oxygens (including phenoxy) is 3. The van der Waals surface area contributed by atoms with E-state index >= 15 is 0 Å². The number of carbonyl (C=O) groups excluding carboxylic acids is 3. The molecule has 0 aromatic heterocycles. The van der Waals surface area contributed by atoms with Gasteiger partial charge in [0.15, 0.2) is 6.10 Å². The second-order valence-electron chi connectivity index (χ2n) is 19.8. The Labute approximate surface area is 380 Å². The average Bonchev–Trinajstić information content (AvgIpc) is 3.23. The van der Waals surface area contributed by atoms with Gasteiger partial charge in [0.1, 0.15) is 13.2 Å². The predicted octanol–water partition coefficient (Wildman–Crippen LogP) is 17.7. The lowest BCUT2D eigenvalue weighted by atomic mass is 10.0. The summed E-state index contributed by atoms with van der Waals surface area (Å²) in [5.74, 6) is 0.780. The molecule has 0 unspecified atom stereocenters. The summed E-state index contributed by atoms with van der Waals surface area (Å²) in [6.45, 7) is 11.4. The quantitative estimate of drug-likeness (QED) is 0.0344. The first kappa shape index (κ1) is 59.4. The lowest BCUT2D eigenvalue weighted by Crippen LogP contribution is -2.30. The van der Waals surface area contributed by atoms with Gasteiger partial charge in [-0.25, -0.2) is 0 Å². The van der Waals surface area contributed by atoms with Gasteiger partial charge < -0.3 is 14.2 Å². The van der Waals surface area contributed by atoms with Crippen LogP contribution in [-0.4, -0.2) is 37.2 Å². The van der Waals surface area contributed by atoms with Gasteiger partial charge in [0, 0.05) is 19.3 Å². The number of unbranched alkanes of at least 4 members (excludes halogenated alkanes) is 34. The zero-order valence-corrected chi connectivity index (χ0v) is 41.8. The first-order chi connectivity index (χ1) is 29.7. The van der Waals surface area contributed by atoms with Crippen molar-refractivity contribution >= 4 is 17.9 Å². The summed E-state index contributed by atoms with van der Waals surface area (Å²) in [6, 6.07) is 0. The second-order valence-corrected chi connectivity index (χ2v) is 19.8. The Morgan fingerprint density at radius 3 is 0.803 bits per heavy atom. The molecule has 0 spiro atoms. The van der Waals surface area contributed by atoms with Gasteiger partial charge in [-0.3, -0.25) is 14.4 Å². The molecule has 0 bridgehead atoms. The summed E-state index contributed by atoms with van der Waals surface area (Å²) in [4.78, 5) is 38.0. The molecule has 0 saturated heterocycles. The molecule has 61 heavy (non-hydrogen) atoms. The molecule has 0 heterocycles. The fourth-order valence-corrected chi connectivity index (χ4v) is 8.34. The van der Waals surface area contributed by atoms with E-state index in [0.717, 1.165) is 69.6 Å². The molecule has 0 fully saturated rings. The molecule has 6 nitrogen and oxygen atoms in total. The molecule has 0 N–H and O–H groups in total. The van der Waals surface area contributed by atoms with Crippen LogP contribution in [0.15, 0.2) is 0 Å². The van der Waals surface area contributed by atoms with Crippen molar-refractivity contribution in [2.24, 2.45) is 11.8 Å². The van der Waals surface area contributed by atoms with Crippen molar-refractivity contribution in [3.63, 3.8) is 0 Å². The standard InChI is InChI=1S/C55H106O6/c1-6-7-8-9-10-11-12-13-15-19-22-25-30-35-40-45-53(56)59-48-52(61-55(58)47-42-37-32-27-29-34-39-44-51(4)5)49-60-54(57)46-41-36-31-26-23-20-17-14-16-18-21-24-28-33-38-43-50(2)3/h50-52H,6-49H2,1-5H3/t52-/m0/s1. The van der Waals surface area contributed by atoms with Crippen LogP contribution in [0, 0.1) is 11.8 Å². The molecule has 0 aromatic rings. The van der Waals surface area contributed by atoms with Crippen LogP contribution in [0.1, 0.15) is 304 Å². The van der Waals surface area contributed by atoms with Crippen LogP contribution in [0.4, 0.5) is 0 Å². The third-order valence-electron chi connectivity index (χ3n) is 12.5. The van der Waals surface area contributed by atoms with Crippen molar-refractivity contribution in [1.29, 1.82) is 0 Å². The normalized spacial score (nSPS) is 12.0. The Balaban J connectivity index is 4.24. The fourth-order valence-electron chi connectivity index (χ4n) is 8.34. The van der Waals surface area contributed by atoms with Crippen LogP contribution < -0.4 is 0 Å². The van der Waals surface area contributed by atoms with E-state index < -0.39 is 6.10 Å². The molecule has 0 amide bonds. The minimum absolute atomic E-state index is 0.0640. The molecule has 1 atom stereocenters. The summed E-state index contributed by atoms with van der Waals surface area (Å²) in [5.41, 5.74) is 0. The van der Waals surface area contributed by atoms with Gasteiger partial charge in [-0.1, -0.05) is 266 Å². The molecule has 0 aliphatic heterocycles. The smallest absolute Gasteiger partial charge is 0.306 e. The van der Waals surface area contributed by atoms with E-state index in [0.29, 0.717) is 19.3 Å². The molecule has 0 rings (SSSR count). The van der Waals surface area contributed by atoms with Gasteiger partial charge >= 0.3 is 17.9 Å². The summed E-state index contributed by atoms with van der Waals surface area (Å²) in [7, 11) is 0. The van der Waals surface area contributed by atoms with Crippen molar-refractivity contribution in [1.82, 2.24) is 0 Å². The fraction of sp³-hybridized carbons (Fsp3) is 0.945. The average molecular weight is 863 g/mol.